The zero-order valence-electron chi connectivity index (χ0n) is 11.7. The number of esters is 2. The molecular formula is C13H12O11. The number of ether oxygens (including phenoxy) is 2. The van der Waals surface area contributed by atoms with Crippen molar-refractivity contribution in [3.05, 3.63) is 17.7 Å². The van der Waals surface area contributed by atoms with E-state index in [9.17, 15) is 39.9 Å². The smallest absolute Gasteiger partial charge is 0.349 e. The molecule has 6 N–H and O–H groups in total. The summed E-state index contributed by atoms with van der Waals surface area (Å²) in [4.78, 5) is 34.3. The average Bonchev–Trinajstić information content (AvgIpc) is 2.76. The molecule has 1 aromatic carbocycles. The molecule has 1 aliphatic rings. The monoisotopic (exact) mass is 344 g/mol. The van der Waals surface area contributed by atoms with Crippen LogP contribution in [-0.4, -0.2) is 73.0 Å². The first kappa shape index (κ1) is 17.3. The van der Waals surface area contributed by atoms with Gasteiger partial charge in [-0.2, -0.15) is 0 Å². The molecule has 1 aromatic rings. The predicted molar refractivity (Wildman–Crippen MR) is 70.2 cm³/mol. The molecule has 1 saturated heterocycles. The Morgan fingerprint density at radius 2 is 1.67 bits per heavy atom. The summed E-state index contributed by atoms with van der Waals surface area (Å²) in [7, 11) is 0. The van der Waals surface area contributed by atoms with Gasteiger partial charge in [-0.25, -0.2) is 14.4 Å². The molecule has 0 unspecified atom stereocenters. The molecule has 4 atom stereocenters. The first-order valence-corrected chi connectivity index (χ1v) is 6.38. The second kappa shape index (κ2) is 6.22. The summed E-state index contributed by atoms with van der Waals surface area (Å²) < 4.78 is 9.09. The fourth-order valence-corrected chi connectivity index (χ4v) is 2.00. The Labute approximate surface area is 132 Å². The van der Waals surface area contributed by atoms with E-state index >= 15 is 0 Å². The molecule has 2 rings (SSSR count). The number of phenolic OH excluding ortho intramolecular Hbond substituents is 3. The third-order valence-corrected chi connectivity index (χ3v) is 3.23. The number of hydrogen-bond donors (Lipinski definition) is 6. The van der Waals surface area contributed by atoms with E-state index in [1.165, 1.54) is 0 Å². The van der Waals surface area contributed by atoms with Crippen molar-refractivity contribution in [2.24, 2.45) is 0 Å². The summed E-state index contributed by atoms with van der Waals surface area (Å²) in [5, 5.41) is 55.8. The Balaban J connectivity index is 2.24. The molecular weight excluding hydrogens is 332 g/mol. The summed E-state index contributed by atoms with van der Waals surface area (Å²) in [5.74, 6) is -7.05. The molecule has 130 valence electrons. The number of carbonyl (C=O) groups is 3. The minimum absolute atomic E-state index is 0.520. The summed E-state index contributed by atoms with van der Waals surface area (Å²) >= 11 is 0. The number of cyclic esters (lactones) is 1. The molecule has 0 aromatic heterocycles. The quantitative estimate of drug-likeness (QED) is 0.263. The summed E-state index contributed by atoms with van der Waals surface area (Å²) in [6, 6.07) is 1.39. The predicted octanol–water partition coefficient (Wildman–Crippen LogP) is -1.94. The minimum atomic E-state index is -2.16. The molecule has 1 aliphatic heterocycles. The molecule has 0 amide bonds. The van der Waals surface area contributed by atoms with Crippen LogP contribution >= 0.6 is 0 Å². The van der Waals surface area contributed by atoms with Gasteiger partial charge in [0.25, 0.3) is 0 Å². The van der Waals surface area contributed by atoms with Crippen molar-refractivity contribution >= 4 is 17.9 Å². The van der Waals surface area contributed by atoms with Gasteiger partial charge in [-0.05, 0) is 12.1 Å². The molecule has 1 fully saturated rings. The van der Waals surface area contributed by atoms with Crippen molar-refractivity contribution in [3.63, 3.8) is 0 Å². The van der Waals surface area contributed by atoms with Crippen LogP contribution < -0.4 is 0 Å². The molecule has 0 bridgehead atoms. The lowest BCUT2D eigenvalue weighted by Gasteiger charge is -2.21. The molecule has 0 radical (unpaired) electrons. The Morgan fingerprint density at radius 1 is 1.12 bits per heavy atom. The number of rotatable bonds is 4. The van der Waals surface area contributed by atoms with Gasteiger partial charge in [0.15, 0.2) is 29.5 Å². The van der Waals surface area contributed by atoms with Gasteiger partial charge in [-0.3, -0.25) is 0 Å². The maximum Gasteiger partial charge on any atom is 0.349 e. The van der Waals surface area contributed by atoms with E-state index in [1.54, 1.807) is 0 Å². The van der Waals surface area contributed by atoms with Crippen LogP contribution in [0.25, 0.3) is 0 Å². The molecule has 11 heteroatoms. The van der Waals surface area contributed by atoms with E-state index in [-0.39, 0.29) is 0 Å². The third kappa shape index (κ3) is 3.02. The van der Waals surface area contributed by atoms with Gasteiger partial charge in [0, 0.05) is 0 Å². The lowest BCUT2D eigenvalue weighted by atomic mass is 10.1. The molecule has 11 nitrogen and oxygen atoms in total. The first-order chi connectivity index (χ1) is 11.1. The van der Waals surface area contributed by atoms with Crippen LogP contribution in [-0.2, 0) is 19.1 Å². The topological polar surface area (TPSA) is 191 Å². The van der Waals surface area contributed by atoms with Crippen LogP contribution in [0.15, 0.2) is 12.1 Å². The van der Waals surface area contributed by atoms with Crippen molar-refractivity contribution in [1.82, 2.24) is 0 Å². The number of aliphatic carboxylic acids is 1. The zero-order valence-corrected chi connectivity index (χ0v) is 11.7. The van der Waals surface area contributed by atoms with Crippen LogP contribution in [0.3, 0.4) is 0 Å². The molecule has 0 aliphatic carbocycles. The van der Waals surface area contributed by atoms with Gasteiger partial charge in [-0.1, -0.05) is 0 Å². The van der Waals surface area contributed by atoms with Crippen LogP contribution in [0.2, 0.25) is 0 Å². The largest absolute Gasteiger partial charge is 0.504 e. The molecule has 1 heterocycles. The minimum Gasteiger partial charge on any atom is -0.504 e. The summed E-state index contributed by atoms with van der Waals surface area (Å²) in [5.41, 5.74) is -0.520. The second-order valence-electron chi connectivity index (χ2n) is 4.86. The van der Waals surface area contributed by atoms with E-state index in [2.05, 4.69) is 9.47 Å². The van der Waals surface area contributed by atoms with Crippen molar-refractivity contribution < 1.29 is 54.5 Å². The maximum atomic E-state index is 11.9. The first-order valence-electron chi connectivity index (χ1n) is 6.38. The van der Waals surface area contributed by atoms with Gasteiger partial charge in [0.05, 0.1) is 5.56 Å². The molecule has 24 heavy (non-hydrogen) atoms. The zero-order chi connectivity index (χ0) is 18.2. The second-order valence-corrected chi connectivity index (χ2v) is 4.86. The van der Waals surface area contributed by atoms with Crippen LogP contribution in [0, 0.1) is 0 Å². The highest BCUT2D eigenvalue weighted by atomic mass is 16.6. The maximum absolute atomic E-state index is 11.9. The van der Waals surface area contributed by atoms with Crippen LogP contribution in [0.5, 0.6) is 17.2 Å². The Morgan fingerprint density at radius 3 is 2.08 bits per heavy atom. The van der Waals surface area contributed by atoms with Gasteiger partial charge >= 0.3 is 17.9 Å². The van der Waals surface area contributed by atoms with E-state index < -0.39 is 65.1 Å². The van der Waals surface area contributed by atoms with Gasteiger partial charge in [-0.15, -0.1) is 0 Å². The lowest BCUT2D eigenvalue weighted by Crippen LogP contribution is -2.45. The van der Waals surface area contributed by atoms with Crippen molar-refractivity contribution in [2.45, 2.75) is 24.4 Å². The normalized spacial score (nSPS) is 24.2. The fourth-order valence-electron chi connectivity index (χ4n) is 2.00. The van der Waals surface area contributed by atoms with E-state index in [0.717, 1.165) is 0 Å². The van der Waals surface area contributed by atoms with Gasteiger partial charge in [0.2, 0.25) is 6.10 Å². The highest BCUT2D eigenvalue weighted by Crippen LogP contribution is 2.35. The number of phenols is 3. The number of aliphatic hydroxyl groups excluding tert-OH is 2. The Hall–Kier alpha value is -3.05. The number of carboxylic acid groups (broad SMARTS) is 1. The average molecular weight is 344 g/mol. The standard InChI is InChI=1S/C13H12O11/c14-4-1-3(2-5(15)6(4)16)12(21)24-10(11(19)20)9-7(17)8(18)13(22)23-9/h1-2,7-10,14-18H,(H,19,20)/t7-,8+,9-,10+/m1/s1. The number of benzene rings is 1. The molecule has 0 spiro atoms. The number of carbonyl (C=O) groups excluding carboxylic acids is 2. The van der Waals surface area contributed by atoms with E-state index in [1.807, 2.05) is 0 Å². The van der Waals surface area contributed by atoms with E-state index in [4.69, 9.17) is 5.11 Å². The number of hydrogen-bond acceptors (Lipinski definition) is 10. The fraction of sp³-hybridized carbons (Fsp3) is 0.308. The number of carboxylic acids is 1. The van der Waals surface area contributed by atoms with Crippen molar-refractivity contribution in [3.8, 4) is 17.2 Å². The summed E-state index contributed by atoms with van der Waals surface area (Å²) in [6.07, 6.45) is -7.94. The number of aromatic hydroxyl groups is 3. The highest BCUT2D eigenvalue weighted by molar-refractivity contribution is 5.93. The Kier molecular flexibility index (Phi) is 4.48. The lowest BCUT2D eigenvalue weighted by molar-refractivity contribution is -0.162. The van der Waals surface area contributed by atoms with Gasteiger partial charge < -0.3 is 40.1 Å². The number of aliphatic hydroxyl groups is 2. The van der Waals surface area contributed by atoms with Crippen LogP contribution in [0.4, 0.5) is 0 Å². The summed E-state index contributed by atoms with van der Waals surface area (Å²) in [6.45, 7) is 0. The van der Waals surface area contributed by atoms with Crippen LogP contribution in [0.1, 0.15) is 10.4 Å². The highest BCUT2D eigenvalue weighted by Gasteiger charge is 2.50. The SMILES string of the molecule is O=C(O[C@H](C(=O)O)[C@@H]1OC(=O)[C@@H](O)[C@H]1O)c1cc(O)c(O)c(O)c1. The van der Waals surface area contributed by atoms with Gasteiger partial charge in [0.1, 0.15) is 6.10 Å². The van der Waals surface area contributed by atoms with Crippen molar-refractivity contribution in [1.29, 1.82) is 0 Å². The van der Waals surface area contributed by atoms with E-state index in [0.29, 0.717) is 12.1 Å². The third-order valence-electron chi connectivity index (χ3n) is 3.23. The molecule has 0 saturated carbocycles. The van der Waals surface area contributed by atoms with Crippen molar-refractivity contribution in [2.75, 3.05) is 0 Å². The Bertz CT molecular complexity index is 674.